The standard InChI is InChI=1S/C42H86O12/c1-3-5-7-8-9-10-11-12-13-14-15-16-18-20-44-22-24-46-26-28-48-30-32-50-34-36-52-38-40-54-42-41-53-39-37-51-35-33-49-31-29-47-27-25-45-23-21-43-19-17-6-4-2/h3-42H2,1-2H3. The molecule has 0 aromatic carbocycles. The zero-order valence-electron chi connectivity index (χ0n) is 35.2. The molecule has 0 radical (unpaired) electrons. The molecule has 0 spiro atoms. The number of ether oxygens (including phenoxy) is 12. The molecular weight excluding hydrogens is 696 g/mol. The maximum absolute atomic E-state index is 5.68. The van der Waals surface area contributed by atoms with E-state index in [9.17, 15) is 0 Å². The van der Waals surface area contributed by atoms with Gasteiger partial charge in [0, 0.05) is 13.2 Å². The molecular formula is C42H86O12. The number of rotatable bonds is 51. The lowest BCUT2D eigenvalue weighted by Gasteiger charge is -2.09. The summed E-state index contributed by atoms with van der Waals surface area (Å²) in [5, 5.41) is 0. The molecule has 0 bridgehead atoms. The van der Waals surface area contributed by atoms with E-state index in [1.165, 1.54) is 89.9 Å². The highest BCUT2D eigenvalue weighted by molar-refractivity contribution is 4.49. The Morgan fingerprint density at radius 2 is 0.278 bits per heavy atom. The van der Waals surface area contributed by atoms with Crippen LogP contribution in [0.1, 0.15) is 117 Å². The zero-order chi connectivity index (χ0) is 38.8. The summed E-state index contributed by atoms with van der Waals surface area (Å²) in [6, 6.07) is 0. The van der Waals surface area contributed by atoms with Gasteiger partial charge in [0.2, 0.25) is 0 Å². The number of hydrogen-bond donors (Lipinski definition) is 0. The molecule has 0 unspecified atom stereocenters. The second-order valence-corrected chi connectivity index (χ2v) is 13.3. The first-order chi connectivity index (χ1) is 26.9. The largest absolute Gasteiger partial charge is 0.379 e. The fourth-order valence-electron chi connectivity index (χ4n) is 5.20. The quantitative estimate of drug-likeness (QED) is 0.0571. The Hall–Kier alpha value is -0.480. The average molecular weight is 783 g/mol. The molecule has 0 N–H and O–H groups in total. The van der Waals surface area contributed by atoms with Gasteiger partial charge in [0.25, 0.3) is 0 Å². The highest BCUT2D eigenvalue weighted by Gasteiger charge is 1.98. The van der Waals surface area contributed by atoms with Crippen LogP contribution in [-0.2, 0) is 56.8 Å². The smallest absolute Gasteiger partial charge is 0.0701 e. The van der Waals surface area contributed by atoms with Gasteiger partial charge in [-0.05, 0) is 12.8 Å². The summed E-state index contributed by atoms with van der Waals surface area (Å²) < 4.78 is 66.3. The van der Waals surface area contributed by atoms with Crippen LogP contribution in [0.5, 0.6) is 0 Å². The highest BCUT2D eigenvalue weighted by Crippen LogP contribution is 2.12. The molecule has 54 heavy (non-hydrogen) atoms. The maximum Gasteiger partial charge on any atom is 0.0701 e. The van der Waals surface area contributed by atoms with Crippen LogP contribution in [0.4, 0.5) is 0 Å². The van der Waals surface area contributed by atoms with Gasteiger partial charge in [0.1, 0.15) is 0 Å². The minimum Gasteiger partial charge on any atom is -0.379 e. The van der Waals surface area contributed by atoms with Crippen LogP contribution < -0.4 is 0 Å². The van der Waals surface area contributed by atoms with Crippen LogP contribution in [0, 0.1) is 0 Å². The second-order valence-electron chi connectivity index (χ2n) is 13.3. The Labute approximate surface area is 331 Å². The summed E-state index contributed by atoms with van der Waals surface area (Å²) >= 11 is 0. The van der Waals surface area contributed by atoms with E-state index in [4.69, 9.17) is 56.8 Å². The lowest BCUT2D eigenvalue weighted by atomic mass is 10.0. The van der Waals surface area contributed by atoms with Crippen molar-refractivity contribution in [1.82, 2.24) is 0 Å². The van der Waals surface area contributed by atoms with Crippen molar-refractivity contribution >= 4 is 0 Å². The summed E-state index contributed by atoms with van der Waals surface area (Å²) in [5.41, 5.74) is 0. The zero-order valence-corrected chi connectivity index (χ0v) is 35.2. The van der Waals surface area contributed by atoms with Crippen LogP contribution in [0.3, 0.4) is 0 Å². The molecule has 326 valence electrons. The molecule has 0 heterocycles. The third-order valence-electron chi connectivity index (χ3n) is 8.38. The number of unbranched alkanes of at least 4 members (excludes halogenated alkanes) is 14. The van der Waals surface area contributed by atoms with Gasteiger partial charge in [-0.15, -0.1) is 0 Å². The van der Waals surface area contributed by atoms with Gasteiger partial charge in [-0.2, -0.15) is 0 Å². The first-order valence-corrected chi connectivity index (χ1v) is 21.8. The summed E-state index contributed by atoms with van der Waals surface area (Å²) in [7, 11) is 0. The molecule has 0 aliphatic rings. The predicted molar refractivity (Wildman–Crippen MR) is 215 cm³/mol. The predicted octanol–water partition coefficient (Wildman–Crippen LogP) is 7.47. The first kappa shape index (κ1) is 53.5. The van der Waals surface area contributed by atoms with Crippen molar-refractivity contribution in [2.75, 3.05) is 159 Å². The molecule has 0 fully saturated rings. The minimum atomic E-state index is 0.522. The van der Waals surface area contributed by atoms with Crippen LogP contribution >= 0.6 is 0 Å². The van der Waals surface area contributed by atoms with Gasteiger partial charge < -0.3 is 56.8 Å². The third kappa shape index (κ3) is 51.5. The average Bonchev–Trinajstić information content (AvgIpc) is 3.18. The molecule has 12 nitrogen and oxygen atoms in total. The Bertz CT molecular complexity index is 582. The Morgan fingerprint density at radius 3 is 0.481 bits per heavy atom. The Kier molecular flexibility index (Phi) is 52.1. The van der Waals surface area contributed by atoms with Gasteiger partial charge >= 0.3 is 0 Å². The Morgan fingerprint density at radius 1 is 0.148 bits per heavy atom. The van der Waals surface area contributed by atoms with Crippen molar-refractivity contribution in [3.63, 3.8) is 0 Å². The molecule has 0 saturated heterocycles. The van der Waals surface area contributed by atoms with Crippen molar-refractivity contribution in [2.45, 2.75) is 117 Å². The van der Waals surface area contributed by atoms with E-state index in [0.29, 0.717) is 145 Å². The van der Waals surface area contributed by atoms with Gasteiger partial charge in [-0.3, -0.25) is 0 Å². The molecule has 0 aliphatic carbocycles. The van der Waals surface area contributed by atoms with Crippen LogP contribution in [0.15, 0.2) is 0 Å². The van der Waals surface area contributed by atoms with E-state index < -0.39 is 0 Å². The fraction of sp³-hybridized carbons (Fsp3) is 1.00. The van der Waals surface area contributed by atoms with E-state index in [1.807, 2.05) is 0 Å². The van der Waals surface area contributed by atoms with Crippen molar-refractivity contribution in [3.05, 3.63) is 0 Å². The van der Waals surface area contributed by atoms with Gasteiger partial charge in [-0.25, -0.2) is 0 Å². The maximum atomic E-state index is 5.68. The number of hydrogen-bond acceptors (Lipinski definition) is 12. The molecule has 0 aromatic heterocycles. The molecule has 0 atom stereocenters. The highest BCUT2D eigenvalue weighted by atomic mass is 16.6. The first-order valence-electron chi connectivity index (χ1n) is 21.8. The molecule has 0 aliphatic heterocycles. The van der Waals surface area contributed by atoms with Gasteiger partial charge in [0.15, 0.2) is 0 Å². The fourth-order valence-corrected chi connectivity index (χ4v) is 5.20. The Balaban J connectivity index is 3.05. The molecule has 12 heteroatoms. The van der Waals surface area contributed by atoms with Crippen LogP contribution in [0.25, 0.3) is 0 Å². The minimum absolute atomic E-state index is 0.522. The third-order valence-corrected chi connectivity index (χ3v) is 8.38. The van der Waals surface area contributed by atoms with E-state index in [1.54, 1.807) is 0 Å². The molecule has 0 saturated carbocycles. The summed E-state index contributed by atoms with van der Waals surface area (Å²) in [4.78, 5) is 0. The molecule has 0 aromatic rings. The van der Waals surface area contributed by atoms with Gasteiger partial charge in [0.05, 0.1) is 145 Å². The van der Waals surface area contributed by atoms with Crippen molar-refractivity contribution in [1.29, 1.82) is 0 Å². The van der Waals surface area contributed by atoms with Crippen LogP contribution in [0.2, 0.25) is 0 Å². The van der Waals surface area contributed by atoms with Crippen molar-refractivity contribution < 1.29 is 56.8 Å². The van der Waals surface area contributed by atoms with Crippen LogP contribution in [-0.4, -0.2) is 159 Å². The van der Waals surface area contributed by atoms with Crippen molar-refractivity contribution in [3.8, 4) is 0 Å². The SMILES string of the molecule is CCCCCCCCCCCCCCCOCCOCCOCCOCCOCCOCCOCCOCCOCCOCCOCCOCCCCC. The lowest BCUT2D eigenvalue weighted by Crippen LogP contribution is -2.15. The second kappa shape index (κ2) is 52.5. The monoisotopic (exact) mass is 783 g/mol. The molecule has 0 amide bonds. The lowest BCUT2D eigenvalue weighted by molar-refractivity contribution is -0.0284. The summed E-state index contributed by atoms with van der Waals surface area (Å²) in [5.74, 6) is 0. The van der Waals surface area contributed by atoms with E-state index >= 15 is 0 Å². The van der Waals surface area contributed by atoms with E-state index in [2.05, 4.69) is 13.8 Å². The topological polar surface area (TPSA) is 111 Å². The van der Waals surface area contributed by atoms with Gasteiger partial charge in [-0.1, -0.05) is 104 Å². The van der Waals surface area contributed by atoms with Crippen molar-refractivity contribution in [2.24, 2.45) is 0 Å². The summed E-state index contributed by atoms with van der Waals surface area (Å²) in [6.07, 6.45) is 21.3. The normalized spacial score (nSPS) is 11.7. The van der Waals surface area contributed by atoms with E-state index in [-0.39, 0.29) is 0 Å². The molecule has 0 rings (SSSR count). The summed E-state index contributed by atoms with van der Waals surface area (Å²) in [6.45, 7) is 18.3. The van der Waals surface area contributed by atoms with E-state index in [0.717, 1.165) is 26.1 Å².